The van der Waals surface area contributed by atoms with Crippen molar-refractivity contribution in [3.63, 3.8) is 0 Å². The lowest BCUT2D eigenvalue weighted by Crippen LogP contribution is -1.92. The molecule has 0 fully saturated rings. The van der Waals surface area contributed by atoms with Crippen LogP contribution in [0.3, 0.4) is 0 Å². The third-order valence-electron chi connectivity index (χ3n) is 0.812. The molecule has 62 valence electrons. The first-order valence-corrected chi connectivity index (χ1v) is 4.69. The molecule has 0 saturated heterocycles. The van der Waals surface area contributed by atoms with Crippen LogP contribution >= 0.6 is 8.60 Å². The van der Waals surface area contributed by atoms with Gasteiger partial charge in [0.15, 0.2) is 0 Å². The summed E-state index contributed by atoms with van der Waals surface area (Å²) in [5.41, 5.74) is 0. The average molecular weight is 166 g/mol. The molecule has 0 atom stereocenters. The normalized spacial score (nSPS) is 10.8. The maximum atomic E-state index is 8.93. The number of hydrogen-bond acceptors (Lipinski definition) is 3. The van der Waals surface area contributed by atoms with E-state index in [9.17, 15) is 0 Å². The van der Waals surface area contributed by atoms with Crippen molar-refractivity contribution in [2.24, 2.45) is 0 Å². The Morgan fingerprint density at radius 2 is 1.50 bits per heavy atom. The van der Waals surface area contributed by atoms with Crippen molar-refractivity contribution < 1.29 is 13.9 Å². The van der Waals surface area contributed by atoms with Crippen molar-refractivity contribution in [1.29, 1.82) is 0 Å². The van der Waals surface area contributed by atoms with E-state index in [1.807, 2.05) is 13.8 Å². The largest absolute Gasteiger partial charge is 0.329 e. The smallest absolute Gasteiger partial charge is 0.328 e. The van der Waals surface area contributed by atoms with Gasteiger partial charge in [0.2, 0.25) is 0 Å². The maximum Gasteiger partial charge on any atom is 0.329 e. The highest BCUT2D eigenvalue weighted by atomic mass is 31.2. The molecule has 0 spiro atoms. The zero-order chi connectivity index (χ0) is 7.82. The molecule has 1 N–H and O–H groups in total. The molecule has 0 heterocycles. The molecule has 0 radical (unpaired) electrons. The van der Waals surface area contributed by atoms with E-state index in [1.54, 1.807) is 0 Å². The molecule has 0 aromatic carbocycles. The lowest BCUT2D eigenvalue weighted by Gasteiger charge is -2.08. The molecule has 0 aliphatic carbocycles. The minimum atomic E-state index is -1.59. The first kappa shape index (κ1) is 10.3. The van der Waals surface area contributed by atoms with E-state index < -0.39 is 8.60 Å². The summed E-state index contributed by atoms with van der Waals surface area (Å²) in [5, 5.41) is 0. The van der Waals surface area contributed by atoms with E-state index in [4.69, 9.17) is 13.9 Å². The Balaban J connectivity index is 3.00. The Hall–Kier alpha value is 0.310. The molecule has 0 unspecified atom stereocenters. The lowest BCUT2D eigenvalue weighted by atomic mass is 10.5. The molecule has 0 aliphatic rings. The van der Waals surface area contributed by atoms with Gasteiger partial charge in [-0.1, -0.05) is 13.8 Å². The molecular formula is C6H15O3P. The van der Waals surface area contributed by atoms with Gasteiger partial charge in [-0.2, -0.15) is 0 Å². The van der Waals surface area contributed by atoms with E-state index in [0.29, 0.717) is 13.2 Å². The second-order valence-electron chi connectivity index (χ2n) is 1.90. The summed E-state index contributed by atoms with van der Waals surface area (Å²) >= 11 is 0. The minimum absolute atomic E-state index is 0.575. The third kappa shape index (κ3) is 6.43. The summed E-state index contributed by atoms with van der Waals surface area (Å²) in [6.45, 7) is 5.13. The first-order valence-electron chi connectivity index (χ1n) is 3.56. The third-order valence-corrected chi connectivity index (χ3v) is 1.62. The Labute approximate surface area is 63.3 Å². The predicted molar refractivity (Wildman–Crippen MR) is 41.6 cm³/mol. The van der Waals surface area contributed by atoms with Gasteiger partial charge in [0.05, 0.1) is 13.2 Å². The fourth-order valence-corrected chi connectivity index (χ4v) is 1.13. The molecular weight excluding hydrogens is 151 g/mol. The van der Waals surface area contributed by atoms with Crippen LogP contribution in [-0.4, -0.2) is 18.1 Å². The Kier molecular flexibility index (Phi) is 7.65. The summed E-state index contributed by atoms with van der Waals surface area (Å²) < 4.78 is 9.78. The van der Waals surface area contributed by atoms with Gasteiger partial charge in [-0.25, -0.2) is 0 Å². The fraction of sp³-hybridized carbons (Fsp3) is 1.00. The van der Waals surface area contributed by atoms with Crippen molar-refractivity contribution in [3.05, 3.63) is 0 Å². The quantitative estimate of drug-likeness (QED) is 0.614. The zero-order valence-electron chi connectivity index (χ0n) is 6.54. The predicted octanol–water partition coefficient (Wildman–Crippen LogP) is 2.06. The van der Waals surface area contributed by atoms with Gasteiger partial charge in [0.25, 0.3) is 0 Å². The molecule has 0 aromatic heterocycles. The van der Waals surface area contributed by atoms with Crippen LogP contribution in [0.1, 0.15) is 26.7 Å². The van der Waals surface area contributed by atoms with E-state index in [-0.39, 0.29) is 0 Å². The van der Waals surface area contributed by atoms with Crippen LogP contribution in [0.2, 0.25) is 0 Å². The van der Waals surface area contributed by atoms with Crippen LogP contribution in [0.5, 0.6) is 0 Å². The van der Waals surface area contributed by atoms with Crippen LogP contribution in [0.15, 0.2) is 0 Å². The fourth-order valence-electron chi connectivity index (χ4n) is 0.376. The molecule has 0 rings (SSSR count). The first-order chi connectivity index (χ1) is 4.81. The summed E-state index contributed by atoms with van der Waals surface area (Å²) in [4.78, 5) is 8.93. The Morgan fingerprint density at radius 1 is 1.10 bits per heavy atom. The van der Waals surface area contributed by atoms with Crippen molar-refractivity contribution in [2.45, 2.75) is 26.7 Å². The van der Waals surface area contributed by atoms with Crippen LogP contribution in [0, 0.1) is 0 Å². The minimum Gasteiger partial charge on any atom is -0.328 e. The van der Waals surface area contributed by atoms with E-state index in [2.05, 4.69) is 0 Å². The van der Waals surface area contributed by atoms with Crippen molar-refractivity contribution >= 4 is 8.60 Å². The van der Waals surface area contributed by atoms with Gasteiger partial charge in [-0.3, -0.25) is 0 Å². The van der Waals surface area contributed by atoms with E-state index >= 15 is 0 Å². The molecule has 0 bridgehead atoms. The maximum absolute atomic E-state index is 8.93. The van der Waals surface area contributed by atoms with Gasteiger partial charge in [-0.15, -0.1) is 0 Å². The molecule has 0 aliphatic heterocycles. The van der Waals surface area contributed by atoms with Gasteiger partial charge in [-0.05, 0) is 12.8 Å². The van der Waals surface area contributed by atoms with Crippen LogP contribution in [0.4, 0.5) is 0 Å². The molecule has 3 nitrogen and oxygen atoms in total. The lowest BCUT2D eigenvalue weighted by molar-refractivity contribution is 0.200. The molecule has 4 heteroatoms. The summed E-state index contributed by atoms with van der Waals surface area (Å²) in [6.07, 6.45) is 1.82. The summed E-state index contributed by atoms with van der Waals surface area (Å²) in [7, 11) is -1.59. The van der Waals surface area contributed by atoms with Crippen molar-refractivity contribution in [1.82, 2.24) is 0 Å². The van der Waals surface area contributed by atoms with E-state index in [0.717, 1.165) is 12.8 Å². The van der Waals surface area contributed by atoms with Crippen LogP contribution < -0.4 is 0 Å². The van der Waals surface area contributed by atoms with E-state index in [1.165, 1.54) is 0 Å². The molecule has 0 aromatic rings. The van der Waals surface area contributed by atoms with Crippen LogP contribution in [-0.2, 0) is 9.05 Å². The highest BCUT2D eigenvalue weighted by Gasteiger charge is 2.03. The monoisotopic (exact) mass is 166 g/mol. The van der Waals surface area contributed by atoms with Crippen LogP contribution in [0.25, 0.3) is 0 Å². The highest BCUT2D eigenvalue weighted by molar-refractivity contribution is 7.40. The standard InChI is InChI=1S/C6H15O3P/c1-3-5-8-10(7)9-6-4-2/h7H,3-6H2,1-2H3. The summed E-state index contributed by atoms with van der Waals surface area (Å²) in [5.74, 6) is 0. The highest BCUT2D eigenvalue weighted by Crippen LogP contribution is 2.32. The van der Waals surface area contributed by atoms with Crippen molar-refractivity contribution in [2.75, 3.05) is 13.2 Å². The topological polar surface area (TPSA) is 38.7 Å². The zero-order valence-corrected chi connectivity index (χ0v) is 7.43. The van der Waals surface area contributed by atoms with Gasteiger partial charge in [0.1, 0.15) is 0 Å². The Morgan fingerprint density at radius 3 is 1.80 bits per heavy atom. The SMILES string of the molecule is CCCOP(O)OCCC. The van der Waals surface area contributed by atoms with Gasteiger partial charge < -0.3 is 13.9 Å². The van der Waals surface area contributed by atoms with Gasteiger partial charge in [0, 0.05) is 0 Å². The second-order valence-corrected chi connectivity index (χ2v) is 2.90. The summed E-state index contributed by atoms with van der Waals surface area (Å²) in [6, 6.07) is 0. The second kappa shape index (κ2) is 7.42. The Bertz CT molecular complexity index is 62.0. The average Bonchev–Trinajstić information content (AvgIpc) is 1.97. The number of rotatable bonds is 6. The molecule has 0 amide bonds. The van der Waals surface area contributed by atoms with Gasteiger partial charge >= 0.3 is 8.60 Å². The molecule has 10 heavy (non-hydrogen) atoms. The molecule has 0 saturated carbocycles. The number of hydrogen-bond donors (Lipinski definition) is 1. The van der Waals surface area contributed by atoms with Crippen molar-refractivity contribution in [3.8, 4) is 0 Å².